The first-order valence-electron chi connectivity index (χ1n) is 3.76. The Bertz CT molecular complexity index is 233. The molecular formula is C6H12INO3S. The molecule has 1 fully saturated rings. The van der Waals surface area contributed by atoms with Gasteiger partial charge in [0.05, 0.1) is 12.4 Å². The van der Waals surface area contributed by atoms with Crippen LogP contribution in [-0.2, 0) is 13.1 Å². The van der Waals surface area contributed by atoms with Crippen molar-refractivity contribution in [1.82, 2.24) is 4.31 Å². The lowest BCUT2D eigenvalue weighted by Crippen LogP contribution is -2.39. The normalized spacial score (nSPS) is 22.8. The zero-order valence-electron chi connectivity index (χ0n) is 6.86. The van der Waals surface area contributed by atoms with Gasteiger partial charge in [-0.3, -0.25) is 0 Å². The molecule has 0 amide bonds. The van der Waals surface area contributed by atoms with Crippen LogP contribution in [0.5, 0.6) is 0 Å². The second kappa shape index (κ2) is 4.21. The Hall–Kier alpha value is 0.600. The van der Waals surface area contributed by atoms with E-state index in [0.29, 0.717) is 13.1 Å². The summed E-state index contributed by atoms with van der Waals surface area (Å²) in [6, 6.07) is 0. The SMILES string of the molecule is CS(=O)(=O)N1CCC(OI)CC1. The largest absolute Gasteiger partial charge is 0.312 e. The van der Waals surface area contributed by atoms with E-state index < -0.39 is 10.0 Å². The van der Waals surface area contributed by atoms with E-state index in [-0.39, 0.29) is 6.10 Å². The van der Waals surface area contributed by atoms with Gasteiger partial charge < -0.3 is 3.07 Å². The summed E-state index contributed by atoms with van der Waals surface area (Å²) in [5.74, 6) is 0. The van der Waals surface area contributed by atoms with E-state index in [9.17, 15) is 8.42 Å². The number of piperidine rings is 1. The molecule has 0 bridgehead atoms. The van der Waals surface area contributed by atoms with Gasteiger partial charge >= 0.3 is 0 Å². The molecule has 1 rings (SSSR count). The first-order chi connectivity index (χ1) is 5.54. The number of rotatable bonds is 2. The average molecular weight is 305 g/mol. The Labute approximate surface area is 87.0 Å². The summed E-state index contributed by atoms with van der Waals surface area (Å²) in [6.07, 6.45) is 3.08. The van der Waals surface area contributed by atoms with Crippen molar-refractivity contribution in [3.63, 3.8) is 0 Å². The number of halogens is 1. The van der Waals surface area contributed by atoms with Crippen LogP contribution < -0.4 is 0 Å². The van der Waals surface area contributed by atoms with E-state index in [0.717, 1.165) is 12.8 Å². The summed E-state index contributed by atoms with van der Waals surface area (Å²) in [5, 5.41) is 0. The van der Waals surface area contributed by atoms with Crippen molar-refractivity contribution in [3.05, 3.63) is 0 Å². The Kier molecular flexibility index (Phi) is 3.74. The molecule has 0 spiro atoms. The van der Waals surface area contributed by atoms with Crippen LogP contribution >= 0.6 is 23.0 Å². The third-order valence-corrected chi connectivity index (χ3v) is 4.02. The molecule has 1 saturated heterocycles. The maximum absolute atomic E-state index is 11.1. The van der Waals surface area contributed by atoms with Gasteiger partial charge in [-0.15, -0.1) is 0 Å². The molecule has 0 aromatic rings. The van der Waals surface area contributed by atoms with Crippen molar-refractivity contribution in [2.45, 2.75) is 18.9 Å². The van der Waals surface area contributed by atoms with Crippen LogP contribution in [0.3, 0.4) is 0 Å². The van der Waals surface area contributed by atoms with Gasteiger partial charge in [0.25, 0.3) is 0 Å². The monoisotopic (exact) mass is 305 g/mol. The second-order valence-electron chi connectivity index (χ2n) is 2.95. The minimum atomic E-state index is -2.98. The van der Waals surface area contributed by atoms with Gasteiger partial charge in [-0.2, -0.15) is 0 Å². The summed E-state index contributed by atoms with van der Waals surface area (Å²) in [4.78, 5) is 0. The minimum Gasteiger partial charge on any atom is -0.312 e. The lowest BCUT2D eigenvalue weighted by atomic mass is 10.1. The van der Waals surface area contributed by atoms with Gasteiger partial charge in [-0.05, 0) is 12.8 Å². The van der Waals surface area contributed by atoms with Crippen LogP contribution in [0.1, 0.15) is 12.8 Å². The molecule has 1 heterocycles. The Morgan fingerprint density at radius 2 is 1.92 bits per heavy atom. The molecular weight excluding hydrogens is 293 g/mol. The number of nitrogens with zero attached hydrogens (tertiary/aromatic N) is 1. The van der Waals surface area contributed by atoms with Gasteiger partial charge in [0.15, 0.2) is 0 Å². The van der Waals surface area contributed by atoms with Crippen LogP contribution in [0.15, 0.2) is 0 Å². The zero-order chi connectivity index (χ0) is 9.19. The van der Waals surface area contributed by atoms with Crippen LogP contribution in [-0.4, -0.2) is 38.2 Å². The predicted molar refractivity (Wildman–Crippen MR) is 54.5 cm³/mol. The smallest absolute Gasteiger partial charge is 0.211 e. The maximum atomic E-state index is 11.1. The standard InChI is InChI=1S/C6H12INO3S/c1-12(9,10)8-4-2-6(11-7)3-5-8/h6H,2-5H2,1H3. The van der Waals surface area contributed by atoms with Crippen molar-refractivity contribution >= 4 is 33.0 Å². The summed E-state index contributed by atoms with van der Waals surface area (Å²) < 4.78 is 28.7. The van der Waals surface area contributed by atoms with Gasteiger partial charge in [-0.25, -0.2) is 12.7 Å². The molecule has 0 unspecified atom stereocenters. The molecule has 6 heteroatoms. The molecule has 1 aliphatic rings. The molecule has 1 aliphatic heterocycles. The van der Waals surface area contributed by atoms with E-state index in [1.807, 2.05) is 23.0 Å². The summed E-state index contributed by atoms with van der Waals surface area (Å²) >= 11 is 1.87. The molecule has 0 aromatic heterocycles. The molecule has 12 heavy (non-hydrogen) atoms. The third-order valence-electron chi connectivity index (χ3n) is 2.00. The predicted octanol–water partition coefficient (Wildman–Crippen LogP) is 0.777. The van der Waals surface area contributed by atoms with Crippen molar-refractivity contribution in [3.8, 4) is 0 Å². The number of hydrogen-bond acceptors (Lipinski definition) is 3. The van der Waals surface area contributed by atoms with Gasteiger partial charge in [0.2, 0.25) is 10.0 Å². The molecule has 0 N–H and O–H groups in total. The van der Waals surface area contributed by atoms with E-state index in [1.54, 1.807) is 0 Å². The molecule has 0 atom stereocenters. The average Bonchev–Trinajstić information content (AvgIpc) is 2.03. The summed E-state index contributed by atoms with van der Waals surface area (Å²) in [6.45, 7) is 1.18. The number of hydrogen-bond donors (Lipinski definition) is 0. The zero-order valence-corrected chi connectivity index (χ0v) is 9.84. The first-order valence-corrected chi connectivity index (χ1v) is 6.49. The van der Waals surface area contributed by atoms with Crippen LogP contribution in [0.4, 0.5) is 0 Å². The minimum absolute atomic E-state index is 0.226. The lowest BCUT2D eigenvalue weighted by Gasteiger charge is -2.28. The topological polar surface area (TPSA) is 46.6 Å². The molecule has 0 aliphatic carbocycles. The molecule has 4 nitrogen and oxygen atoms in total. The first kappa shape index (κ1) is 10.7. The van der Waals surface area contributed by atoms with E-state index in [1.165, 1.54) is 10.6 Å². The van der Waals surface area contributed by atoms with Crippen molar-refractivity contribution in [1.29, 1.82) is 0 Å². The van der Waals surface area contributed by atoms with Crippen molar-refractivity contribution in [2.75, 3.05) is 19.3 Å². The van der Waals surface area contributed by atoms with Crippen molar-refractivity contribution < 1.29 is 11.5 Å². The fourth-order valence-corrected chi connectivity index (χ4v) is 2.64. The van der Waals surface area contributed by atoms with E-state index >= 15 is 0 Å². The third kappa shape index (κ3) is 2.82. The van der Waals surface area contributed by atoms with Gasteiger partial charge in [0, 0.05) is 13.1 Å². The highest BCUT2D eigenvalue weighted by atomic mass is 127. The van der Waals surface area contributed by atoms with Crippen molar-refractivity contribution in [2.24, 2.45) is 0 Å². The quantitative estimate of drug-likeness (QED) is 0.708. The van der Waals surface area contributed by atoms with Gasteiger partial charge in [0.1, 0.15) is 23.0 Å². The highest BCUT2D eigenvalue weighted by Crippen LogP contribution is 2.17. The highest BCUT2D eigenvalue weighted by molar-refractivity contribution is 14.1. The van der Waals surface area contributed by atoms with Gasteiger partial charge in [-0.1, -0.05) is 0 Å². The van der Waals surface area contributed by atoms with Crippen LogP contribution in [0.25, 0.3) is 0 Å². The maximum Gasteiger partial charge on any atom is 0.211 e. The fourth-order valence-electron chi connectivity index (χ4n) is 1.25. The van der Waals surface area contributed by atoms with Crippen LogP contribution in [0, 0.1) is 0 Å². The lowest BCUT2D eigenvalue weighted by molar-refractivity contribution is 0.184. The highest BCUT2D eigenvalue weighted by Gasteiger charge is 2.24. The Morgan fingerprint density at radius 3 is 2.25 bits per heavy atom. The molecule has 0 radical (unpaired) electrons. The fraction of sp³-hybridized carbons (Fsp3) is 1.00. The Morgan fingerprint density at radius 1 is 1.42 bits per heavy atom. The Balaban J connectivity index is 2.47. The number of sulfonamides is 1. The molecule has 0 aromatic carbocycles. The second-order valence-corrected chi connectivity index (χ2v) is 5.44. The molecule has 0 saturated carbocycles. The van der Waals surface area contributed by atoms with E-state index in [4.69, 9.17) is 3.07 Å². The molecule has 72 valence electrons. The van der Waals surface area contributed by atoms with Crippen LogP contribution in [0.2, 0.25) is 0 Å². The van der Waals surface area contributed by atoms with E-state index in [2.05, 4.69) is 0 Å². The summed E-state index contributed by atoms with van der Waals surface area (Å²) in [5.41, 5.74) is 0. The summed E-state index contributed by atoms with van der Waals surface area (Å²) in [7, 11) is -2.98.